The Bertz CT molecular complexity index is 78.0. The largest absolute Gasteiger partial charge is 0.394 e. The molecule has 3 N–H and O–H groups in total. The monoisotopic (exact) mass is 147 g/mol. The maximum atomic E-state index is 8.56. The minimum absolute atomic E-state index is 0.130. The lowest BCUT2D eigenvalue weighted by Crippen LogP contribution is -2.09. The van der Waals surface area contributed by atoms with Crippen molar-refractivity contribution in [3.63, 3.8) is 0 Å². The van der Waals surface area contributed by atoms with Gasteiger partial charge in [-0.25, -0.2) is 0 Å². The van der Waals surface area contributed by atoms with Crippen LogP contribution in [0.2, 0.25) is 0 Å². The molecule has 0 amide bonds. The lowest BCUT2D eigenvalue weighted by molar-refractivity contribution is 0.0576. The molecule has 0 aromatic carbocycles. The SMILES string of the molecule is CC1COC(CO)C1.CN. The van der Waals surface area contributed by atoms with Gasteiger partial charge in [-0.2, -0.15) is 0 Å². The maximum absolute atomic E-state index is 8.56. The average molecular weight is 147 g/mol. The Kier molecular flexibility index (Phi) is 5.58. The fourth-order valence-electron chi connectivity index (χ4n) is 1.01. The van der Waals surface area contributed by atoms with E-state index in [0.717, 1.165) is 13.0 Å². The summed E-state index contributed by atoms with van der Waals surface area (Å²) in [6.45, 7) is 3.14. The molecule has 1 aliphatic rings. The second-order valence-electron chi connectivity index (χ2n) is 2.48. The van der Waals surface area contributed by atoms with E-state index in [1.54, 1.807) is 0 Å². The molecule has 0 aromatic rings. The van der Waals surface area contributed by atoms with Gasteiger partial charge in [0, 0.05) is 6.61 Å². The normalized spacial score (nSPS) is 31.2. The van der Waals surface area contributed by atoms with E-state index < -0.39 is 0 Å². The number of aliphatic hydroxyl groups is 1. The van der Waals surface area contributed by atoms with Crippen molar-refractivity contribution in [1.29, 1.82) is 0 Å². The summed E-state index contributed by atoms with van der Waals surface area (Å²) >= 11 is 0. The fraction of sp³-hybridized carbons (Fsp3) is 1.00. The maximum Gasteiger partial charge on any atom is 0.0809 e. The second kappa shape index (κ2) is 5.65. The van der Waals surface area contributed by atoms with Gasteiger partial charge in [-0.1, -0.05) is 6.92 Å². The predicted molar refractivity (Wildman–Crippen MR) is 40.7 cm³/mol. The highest BCUT2D eigenvalue weighted by Gasteiger charge is 2.20. The van der Waals surface area contributed by atoms with Crippen LogP contribution in [0, 0.1) is 5.92 Å². The van der Waals surface area contributed by atoms with E-state index in [-0.39, 0.29) is 12.7 Å². The predicted octanol–water partition coefficient (Wildman–Crippen LogP) is -0.0214. The Morgan fingerprint density at radius 2 is 2.20 bits per heavy atom. The first-order chi connectivity index (χ1) is 4.83. The Morgan fingerprint density at radius 1 is 1.60 bits per heavy atom. The molecule has 1 aliphatic heterocycles. The molecule has 3 heteroatoms. The van der Waals surface area contributed by atoms with E-state index >= 15 is 0 Å². The van der Waals surface area contributed by atoms with Crippen molar-refractivity contribution in [2.45, 2.75) is 19.4 Å². The summed E-state index contributed by atoms with van der Waals surface area (Å²) in [6.07, 6.45) is 1.15. The third-order valence-electron chi connectivity index (χ3n) is 1.49. The number of hydrogen-bond acceptors (Lipinski definition) is 3. The average Bonchev–Trinajstić information content (AvgIpc) is 2.40. The summed E-state index contributed by atoms with van der Waals surface area (Å²) in [6, 6.07) is 0. The Balaban J connectivity index is 0.000000371. The van der Waals surface area contributed by atoms with Crippen LogP contribution in [-0.4, -0.2) is 31.5 Å². The van der Waals surface area contributed by atoms with Crippen LogP contribution in [0.15, 0.2) is 0 Å². The first-order valence-electron chi connectivity index (χ1n) is 3.63. The van der Waals surface area contributed by atoms with Crippen molar-refractivity contribution in [2.24, 2.45) is 11.7 Å². The second-order valence-corrected chi connectivity index (χ2v) is 2.48. The molecule has 1 saturated heterocycles. The van der Waals surface area contributed by atoms with E-state index in [4.69, 9.17) is 9.84 Å². The molecule has 0 bridgehead atoms. The molecule has 0 aromatic heterocycles. The van der Waals surface area contributed by atoms with Crippen LogP contribution < -0.4 is 5.73 Å². The third-order valence-corrected chi connectivity index (χ3v) is 1.49. The molecular weight excluding hydrogens is 130 g/mol. The van der Waals surface area contributed by atoms with E-state index in [0.29, 0.717) is 5.92 Å². The zero-order valence-corrected chi connectivity index (χ0v) is 6.71. The van der Waals surface area contributed by atoms with Crippen LogP contribution in [0.4, 0.5) is 0 Å². The Labute approximate surface area is 62.2 Å². The van der Waals surface area contributed by atoms with Gasteiger partial charge >= 0.3 is 0 Å². The van der Waals surface area contributed by atoms with Gasteiger partial charge in [0.1, 0.15) is 0 Å². The smallest absolute Gasteiger partial charge is 0.0809 e. The van der Waals surface area contributed by atoms with Gasteiger partial charge in [0.25, 0.3) is 0 Å². The first kappa shape index (κ1) is 9.88. The molecule has 1 heterocycles. The van der Waals surface area contributed by atoms with Gasteiger partial charge in [0.15, 0.2) is 0 Å². The fourth-order valence-corrected chi connectivity index (χ4v) is 1.01. The van der Waals surface area contributed by atoms with Gasteiger partial charge in [0.2, 0.25) is 0 Å². The quantitative estimate of drug-likeness (QED) is 0.548. The van der Waals surface area contributed by atoms with Crippen molar-refractivity contribution >= 4 is 0 Å². The van der Waals surface area contributed by atoms with Crippen molar-refractivity contribution in [3.8, 4) is 0 Å². The van der Waals surface area contributed by atoms with Crippen LogP contribution in [0.5, 0.6) is 0 Å². The standard InChI is InChI=1S/C6H12O2.CH5N/c1-5-2-6(3-7)8-4-5;1-2/h5-7H,2-4H2,1H3;2H2,1H3. The van der Waals surface area contributed by atoms with Crippen LogP contribution in [0.1, 0.15) is 13.3 Å². The molecule has 62 valence electrons. The third kappa shape index (κ3) is 3.15. The molecule has 3 nitrogen and oxygen atoms in total. The highest BCUT2D eigenvalue weighted by molar-refractivity contribution is 4.68. The summed E-state index contributed by atoms with van der Waals surface area (Å²) in [4.78, 5) is 0. The van der Waals surface area contributed by atoms with E-state index in [9.17, 15) is 0 Å². The lowest BCUT2D eigenvalue weighted by atomic mass is 10.1. The molecule has 2 unspecified atom stereocenters. The first-order valence-corrected chi connectivity index (χ1v) is 3.63. The number of ether oxygens (including phenoxy) is 1. The topological polar surface area (TPSA) is 55.5 Å². The Morgan fingerprint density at radius 3 is 2.40 bits per heavy atom. The molecular formula is C7H17NO2. The van der Waals surface area contributed by atoms with Crippen LogP contribution in [0.3, 0.4) is 0 Å². The zero-order valence-electron chi connectivity index (χ0n) is 6.71. The molecule has 0 spiro atoms. The van der Waals surface area contributed by atoms with E-state index in [1.165, 1.54) is 7.05 Å². The molecule has 0 saturated carbocycles. The molecule has 2 atom stereocenters. The number of hydrogen-bond donors (Lipinski definition) is 2. The van der Waals surface area contributed by atoms with E-state index in [1.807, 2.05) is 0 Å². The molecule has 1 fully saturated rings. The van der Waals surface area contributed by atoms with Crippen molar-refractivity contribution in [1.82, 2.24) is 0 Å². The number of nitrogens with two attached hydrogens (primary N) is 1. The molecule has 0 aliphatic carbocycles. The minimum atomic E-state index is 0.130. The Hall–Kier alpha value is -0.120. The van der Waals surface area contributed by atoms with Gasteiger partial charge in [-0.3, -0.25) is 0 Å². The molecule has 0 radical (unpaired) electrons. The van der Waals surface area contributed by atoms with Crippen LogP contribution in [0.25, 0.3) is 0 Å². The lowest BCUT2D eigenvalue weighted by Gasteiger charge is -2.01. The number of aliphatic hydroxyl groups excluding tert-OH is 1. The number of rotatable bonds is 1. The van der Waals surface area contributed by atoms with Crippen LogP contribution in [-0.2, 0) is 4.74 Å². The summed E-state index contributed by atoms with van der Waals surface area (Å²) in [5, 5.41) is 8.56. The zero-order chi connectivity index (χ0) is 7.98. The van der Waals surface area contributed by atoms with Gasteiger partial charge in [-0.05, 0) is 19.4 Å². The summed E-state index contributed by atoms with van der Waals surface area (Å²) in [5.41, 5.74) is 4.50. The summed E-state index contributed by atoms with van der Waals surface area (Å²) < 4.78 is 5.16. The van der Waals surface area contributed by atoms with Crippen LogP contribution >= 0.6 is 0 Å². The van der Waals surface area contributed by atoms with Gasteiger partial charge in [0.05, 0.1) is 12.7 Å². The molecule has 10 heavy (non-hydrogen) atoms. The highest BCUT2D eigenvalue weighted by atomic mass is 16.5. The minimum Gasteiger partial charge on any atom is -0.394 e. The summed E-state index contributed by atoms with van der Waals surface area (Å²) in [7, 11) is 1.50. The van der Waals surface area contributed by atoms with Crippen molar-refractivity contribution in [2.75, 3.05) is 20.3 Å². The summed E-state index contributed by atoms with van der Waals surface area (Å²) in [5.74, 6) is 0.646. The van der Waals surface area contributed by atoms with E-state index in [2.05, 4.69) is 12.7 Å². The van der Waals surface area contributed by atoms with Crippen molar-refractivity contribution < 1.29 is 9.84 Å². The van der Waals surface area contributed by atoms with Gasteiger partial charge < -0.3 is 15.6 Å². The molecule has 1 rings (SSSR count). The highest BCUT2D eigenvalue weighted by Crippen LogP contribution is 2.17. The van der Waals surface area contributed by atoms with Gasteiger partial charge in [-0.15, -0.1) is 0 Å². The van der Waals surface area contributed by atoms with Crippen molar-refractivity contribution in [3.05, 3.63) is 0 Å².